The van der Waals surface area contributed by atoms with E-state index in [1.807, 2.05) is 0 Å². The lowest BCUT2D eigenvalue weighted by molar-refractivity contribution is 0.0697. The Morgan fingerprint density at radius 2 is 1.89 bits per heavy atom. The van der Waals surface area contributed by atoms with E-state index in [2.05, 4.69) is 26.2 Å². The van der Waals surface area contributed by atoms with Gasteiger partial charge in [-0.15, -0.1) is 0 Å². The van der Waals surface area contributed by atoms with Crippen LogP contribution in [0.1, 0.15) is 55.3 Å². The number of nitrogens with zero attached hydrogens (tertiary/aromatic N) is 1. The second kappa shape index (κ2) is 6.89. The van der Waals surface area contributed by atoms with Crippen LogP contribution in [-0.2, 0) is 0 Å². The number of carboxylic acids is 1. The van der Waals surface area contributed by atoms with E-state index in [0.717, 1.165) is 12.8 Å². The zero-order valence-electron chi connectivity index (χ0n) is 10.9. The van der Waals surface area contributed by atoms with Crippen molar-refractivity contribution in [3.05, 3.63) is 22.3 Å². The van der Waals surface area contributed by atoms with Crippen LogP contribution in [0.4, 0.5) is 5.82 Å². The Balaban J connectivity index is 2.10. The Bertz CT molecular complexity index is 443. The predicted octanol–water partition coefficient (Wildman–Crippen LogP) is 4.07. The van der Waals surface area contributed by atoms with Gasteiger partial charge in [-0.2, -0.15) is 0 Å². The van der Waals surface area contributed by atoms with Gasteiger partial charge in [0.15, 0.2) is 0 Å². The Hall–Kier alpha value is -1.10. The lowest BCUT2D eigenvalue weighted by atomic mass is 9.96. The minimum Gasteiger partial charge on any atom is -0.478 e. The average molecular weight is 327 g/mol. The molecule has 1 aliphatic rings. The van der Waals surface area contributed by atoms with Gasteiger partial charge in [0, 0.05) is 16.7 Å². The molecule has 1 saturated carbocycles. The molecule has 2 N–H and O–H groups in total. The molecule has 1 aromatic heterocycles. The third-order valence-electron chi connectivity index (χ3n) is 3.53. The number of halogens is 1. The number of aromatic carboxylic acids is 1. The molecule has 0 aliphatic heterocycles. The first-order valence-electron chi connectivity index (χ1n) is 6.82. The molecule has 104 valence electrons. The first-order chi connectivity index (χ1) is 9.16. The van der Waals surface area contributed by atoms with Crippen LogP contribution in [0.15, 0.2) is 16.7 Å². The highest BCUT2D eigenvalue weighted by atomic mass is 79.9. The smallest absolute Gasteiger partial charge is 0.339 e. The summed E-state index contributed by atoms with van der Waals surface area (Å²) < 4.78 is 0.688. The van der Waals surface area contributed by atoms with Crippen LogP contribution in [0, 0.1) is 0 Å². The third kappa shape index (κ3) is 4.20. The molecule has 0 aromatic carbocycles. The second-order valence-electron chi connectivity index (χ2n) is 5.04. The zero-order chi connectivity index (χ0) is 13.7. The van der Waals surface area contributed by atoms with Gasteiger partial charge >= 0.3 is 5.97 Å². The standard InChI is InChI=1S/C14H19BrN2O2/c15-10-8-12(14(18)19)13(16-9-10)17-11-6-4-2-1-3-5-7-11/h8-9,11H,1-7H2,(H,16,17)(H,18,19). The van der Waals surface area contributed by atoms with Gasteiger partial charge in [0.1, 0.15) is 11.4 Å². The molecule has 1 heterocycles. The summed E-state index contributed by atoms with van der Waals surface area (Å²) >= 11 is 3.26. The third-order valence-corrected chi connectivity index (χ3v) is 3.96. The Morgan fingerprint density at radius 3 is 2.53 bits per heavy atom. The van der Waals surface area contributed by atoms with E-state index in [1.165, 1.54) is 32.1 Å². The van der Waals surface area contributed by atoms with E-state index in [0.29, 0.717) is 16.3 Å². The first-order valence-corrected chi connectivity index (χ1v) is 7.61. The molecular formula is C14H19BrN2O2. The Labute approximate surface area is 121 Å². The van der Waals surface area contributed by atoms with Crippen molar-refractivity contribution in [1.82, 2.24) is 4.98 Å². The molecule has 2 rings (SSSR count). The number of pyridine rings is 1. The van der Waals surface area contributed by atoms with Gasteiger partial charge in [0.25, 0.3) is 0 Å². The zero-order valence-corrected chi connectivity index (χ0v) is 12.4. The highest BCUT2D eigenvalue weighted by Crippen LogP contribution is 2.23. The molecule has 0 atom stereocenters. The number of carbonyl (C=O) groups is 1. The van der Waals surface area contributed by atoms with Gasteiger partial charge in [-0.25, -0.2) is 9.78 Å². The Morgan fingerprint density at radius 1 is 1.26 bits per heavy atom. The minimum absolute atomic E-state index is 0.233. The molecule has 1 aromatic rings. The lowest BCUT2D eigenvalue weighted by Crippen LogP contribution is -2.22. The summed E-state index contributed by atoms with van der Waals surface area (Å²) in [5.41, 5.74) is 0.233. The summed E-state index contributed by atoms with van der Waals surface area (Å²) in [6.07, 6.45) is 10.1. The van der Waals surface area contributed by atoms with Crippen molar-refractivity contribution in [3.63, 3.8) is 0 Å². The molecule has 0 bridgehead atoms. The van der Waals surface area contributed by atoms with E-state index in [9.17, 15) is 9.90 Å². The summed E-state index contributed by atoms with van der Waals surface area (Å²) in [7, 11) is 0. The fourth-order valence-corrected chi connectivity index (χ4v) is 2.84. The van der Waals surface area contributed by atoms with E-state index in [1.54, 1.807) is 12.3 Å². The van der Waals surface area contributed by atoms with Crippen LogP contribution in [0.2, 0.25) is 0 Å². The SMILES string of the molecule is O=C(O)c1cc(Br)cnc1NC1CCCCCCC1. The van der Waals surface area contributed by atoms with Crippen LogP contribution in [0.25, 0.3) is 0 Å². The van der Waals surface area contributed by atoms with Crippen LogP contribution >= 0.6 is 15.9 Å². The van der Waals surface area contributed by atoms with Crippen molar-refractivity contribution in [2.45, 2.75) is 51.0 Å². The van der Waals surface area contributed by atoms with Gasteiger partial charge in [0.2, 0.25) is 0 Å². The van der Waals surface area contributed by atoms with E-state index < -0.39 is 5.97 Å². The molecule has 4 nitrogen and oxygen atoms in total. The quantitative estimate of drug-likeness (QED) is 0.878. The van der Waals surface area contributed by atoms with Crippen molar-refractivity contribution >= 4 is 27.7 Å². The molecular weight excluding hydrogens is 308 g/mol. The number of carboxylic acid groups (broad SMARTS) is 1. The number of rotatable bonds is 3. The van der Waals surface area contributed by atoms with Gasteiger partial charge < -0.3 is 10.4 Å². The monoisotopic (exact) mass is 326 g/mol. The topological polar surface area (TPSA) is 62.2 Å². The maximum Gasteiger partial charge on any atom is 0.339 e. The minimum atomic E-state index is -0.942. The first kappa shape index (κ1) is 14.3. The number of nitrogens with one attached hydrogen (secondary N) is 1. The molecule has 0 unspecified atom stereocenters. The fourth-order valence-electron chi connectivity index (χ4n) is 2.51. The molecule has 0 spiro atoms. The van der Waals surface area contributed by atoms with E-state index >= 15 is 0 Å². The fraction of sp³-hybridized carbons (Fsp3) is 0.571. The van der Waals surface area contributed by atoms with E-state index in [4.69, 9.17) is 0 Å². The predicted molar refractivity (Wildman–Crippen MR) is 78.6 cm³/mol. The molecule has 0 radical (unpaired) electrons. The number of hydrogen-bond acceptors (Lipinski definition) is 3. The maximum absolute atomic E-state index is 11.2. The number of hydrogen-bond donors (Lipinski definition) is 2. The van der Waals surface area contributed by atoms with Crippen molar-refractivity contribution in [3.8, 4) is 0 Å². The van der Waals surface area contributed by atoms with Crippen LogP contribution < -0.4 is 5.32 Å². The summed E-state index contributed by atoms with van der Waals surface area (Å²) in [5.74, 6) is -0.455. The molecule has 0 amide bonds. The van der Waals surface area contributed by atoms with Crippen LogP contribution in [0.3, 0.4) is 0 Å². The van der Waals surface area contributed by atoms with Crippen molar-refractivity contribution in [2.75, 3.05) is 5.32 Å². The van der Waals surface area contributed by atoms with Gasteiger partial charge in [-0.1, -0.05) is 32.1 Å². The summed E-state index contributed by atoms with van der Waals surface area (Å²) in [4.78, 5) is 15.4. The summed E-state index contributed by atoms with van der Waals surface area (Å²) in [6.45, 7) is 0. The van der Waals surface area contributed by atoms with Gasteiger partial charge in [0.05, 0.1) is 0 Å². The molecule has 1 aliphatic carbocycles. The largest absolute Gasteiger partial charge is 0.478 e. The summed E-state index contributed by atoms with van der Waals surface area (Å²) in [6, 6.07) is 1.94. The highest BCUT2D eigenvalue weighted by molar-refractivity contribution is 9.10. The Kier molecular flexibility index (Phi) is 5.19. The van der Waals surface area contributed by atoms with Crippen molar-refractivity contribution < 1.29 is 9.90 Å². The van der Waals surface area contributed by atoms with E-state index in [-0.39, 0.29) is 5.56 Å². The van der Waals surface area contributed by atoms with Crippen molar-refractivity contribution in [2.24, 2.45) is 0 Å². The highest BCUT2D eigenvalue weighted by Gasteiger charge is 2.17. The average Bonchev–Trinajstić information content (AvgIpc) is 2.34. The number of anilines is 1. The molecule has 5 heteroatoms. The van der Waals surface area contributed by atoms with Crippen molar-refractivity contribution in [1.29, 1.82) is 0 Å². The molecule has 1 fully saturated rings. The van der Waals surface area contributed by atoms with Crippen LogP contribution in [-0.4, -0.2) is 22.1 Å². The normalized spacial score (nSPS) is 17.5. The molecule has 19 heavy (non-hydrogen) atoms. The van der Waals surface area contributed by atoms with Gasteiger partial charge in [-0.3, -0.25) is 0 Å². The van der Waals surface area contributed by atoms with Crippen LogP contribution in [0.5, 0.6) is 0 Å². The number of aromatic nitrogens is 1. The summed E-state index contributed by atoms with van der Waals surface area (Å²) in [5, 5.41) is 12.5. The molecule has 0 saturated heterocycles. The lowest BCUT2D eigenvalue weighted by Gasteiger charge is -2.22. The second-order valence-corrected chi connectivity index (χ2v) is 5.96. The van der Waals surface area contributed by atoms with Gasteiger partial charge in [-0.05, 0) is 34.8 Å². The maximum atomic E-state index is 11.2.